The Balaban J connectivity index is 2.02. The number of thioether (sulfide) groups is 1. The molecule has 2 rings (SSSR count). The van der Waals surface area contributed by atoms with Crippen molar-refractivity contribution in [2.75, 3.05) is 12.3 Å². The molecule has 1 aromatic heterocycles. The van der Waals surface area contributed by atoms with E-state index in [4.69, 9.17) is 0 Å². The van der Waals surface area contributed by atoms with E-state index in [1.807, 2.05) is 6.92 Å². The van der Waals surface area contributed by atoms with E-state index >= 15 is 0 Å². The predicted octanol–water partition coefficient (Wildman–Crippen LogP) is 0.240. The van der Waals surface area contributed by atoms with Crippen molar-refractivity contribution in [3.8, 4) is 0 Å². The fourth-order valence-corrected chi connectivity index (χ4v) is 2.74. The first-order valence-corrected chi connectivity index (χ1v) is 7.31. The van der Waals surface area contributed by atoms with Crippen molar-refractivity contribution in [3.63, 3.8) is 0 Å². The van der Waals surface area contributed by atoms with E-state index < -0.39 is 12.0 Å². The molecule has 0 spiro atoms. The summed E-state index contributed by atoms with van der Waals surface area (Å²) in [6, 6.07) is 0. The van der Waals surface area contributed by atoms with Gasteiger partial charge in [0, 0.05) is 25.0 Å². The number of aliphatic hydroxyl groups is 1. The van der Waals surface area contributed by atoms with Gasteiger partial charge in [-0.05, 0) is 12.8 Å². The molecular weight excluding hydrogens is 266 g/mol. The van der Waals surface area contributed by atoms with Gasteiger partial charge >= 0.3 is 0 Å². The van der Waals surface area contributed by atoms with Crippen molar-refractivity contribution in [2.24, 2.45) is 0 Å². The first-order chi connectivity index (χ1) is 9.13. The predicted molar refractivity (Wildman–Crippen MR) is 72.5 cm³/mol. The Morgan fingerprint density at radius 1 is 1.68 bits per heavy atom. The lowest BCUT2D eigenvalue weighted by Gasteiger charge is -2.09. The molecule has 0 aliphatic carbocycles. The molecule has 1 aliphatic heterocycles. The van der Waals surface area contributed by atoms with E-state index in [9.17, 15) is 14.7 Å². The summed E-state index contributed by atoms with van der Waals surface area (Å²) in [5, 5.41) is 12.7. The number of aliphatic hydroxyl groups excluding tert-OH is 1. The van der Waals surface area contributed by atoms with Gasteiger partial charge in [0.1, 0.15) is 5.56 Å². The zero-order valence-electron chi connectivity index (χ0n) is 10.8. The summed E-state index contributed by atoms with van der Waals surface area (Å²) in [5.74, 6) is 0.392. The molecule has 1 amide bonds. The van der Waals surface area contributed by atoms with Crippen molar-refractivity contribution in [2.45, 2.75) is 37.6 Å². The zero-order chi connectivity index (χ0) is 13.8. The normalized spacial score (nSPS) is 15.1. The lowest BCUT2D eigenvalue weighted by molar-refractivity contribution is 0.0939. The van der Waals surface area contributed by atoms with Gasteiger partial charge in [-0.3, -0.25) is 14.2 Å². The van der Waals surface area contributed by atoms with Crippen molar-refractivity contribution >= 4 is 17.7 Å². The number of aromatic nitrogens is 2. The number of hydrogen-bond acceptors (Lipinski definition) is 5. The molecule has 2 heterocycles. The SMILES string of the molecule is CCC(O)CCNC(=O)c1cnc2n(c1=O)CCS2. The van der Waals surface area contributed by atoms with Crippen LogP contribution in [0, 0.1) is 0 Å². The summed E-state index contributed by atoms with van der Waals surface area (Å²) in [6.45, 7) is 2.83. The molecular formula is C12H17N3O3S. The van der Waals surface area contributed by atoms with Gasteiger partial charge in [0.05, 0.1) is 6.10 Å². The van der Waals surface area contributed by atoms with Gasteiger partial charge in [0.15, 0.2) is 5.16 Å². The maximum Gasteiger partial charge on any atom is 0.267 e. The summed E-state index contributed by atoms with van der Waals surface area (Å²) in [7, 11) is 0. The van der Waals surface area contributed by atoms with Crippen LogP contribution in [0.3, 0.4) is 0 Å². The molecule has 104 valence electrons. The third-order valence-corrected chi connectivity index (χ3v) is 4.01. The average molecular weight is 283 g/mol. The van der Waals surface area contributed by atoms with Crippen molar-refractivity contribution < 1.29 is 9.90 Å². The maximum atomic E-state index is 12.1. The number of hydrogen-bond donors (Lipinski definition) is 2. The summed E-state index contributed by atoms with van der Waals surface area (Å²) >= 11 is 1.51. The van der Waals surface area contributed by atoms with Crippen LogP contribution in [-0.2, 0) is 6.54 Å². The summed E-state index contributed by atoms with van der Waals surface area (Å²) in [4.78, 5) is 28.1. The third kappa shape index (κ3) is 3.16. The lowest BCUT2D eigenvalue weighted by Crippen LogP contribution is -2.34. The number of nitrogens with zero attached hydrogens (tertiary/aromatic N) is 2. The Hall–Kier alpha value is -1.34. The first-order valence-electron chi connectivity index (χ1n) is 6.32. The van der Waals surface area contributed by atoms with Gasteiger partial charge in [0.25, 0.3) is 11.5 Å². The Morgan fingerprint density at radius 2 is 2.47 bits per heavy atom. The summed E-state index contributed by atoms with van der Waals surface area (Å²) < 4.78 is 1.53. The van der Waals surface area contributed by atoms with E-state index in [0.717, 1.165) is 5.75 Å². The molecule has 1 atom stereocenters. The lowest BCUT2D eigenvalue weighted by atomic mass is 10.2. The fraction of sp³-hybridized carbons (Fsp3) is 0.583. The first kappa shape index (κ1) is 14.1. The molecule has 0 aromatic carbocycles. The molecule has 0 saturated carbocycles. The molecule has 1 aliphatic rings. The molecule has 19 heavy (non-hydrogen) atoms. The number of carbonyl (C=O) groups excluding carboxylic acids is 1. The fourth-order valence-electron chi connectivity index (χ4n) is 1.82. The summed E-state index contributed by atoms with van der Waals surface area (Å²) in [6.07, 6.45) is 2.04. The van der Waals surface area contributed by atoms with Gasteiger partial charge in [-0.1, -0.05) is 18.7 Å². The van der Waals surface area contributed by atoms with E-state index in [0.29, 0.717) is 31.1 Å². The molecule has 6 nitrogen and oxygen atoms in total. The molecule has 1 unspecified atom stereocenters. The Labute approximate surface area is 115 Å². The molecule has 0 fully saturated rings. The molecule has 7 heteroatoms. The van der Waals surface area contributed by atoms with Crippen molar-refractivity contribution in [1.29, 1.82) is 0 Å². The Morgan fingerprint density at radius 3 is 3.21 bits per heavy atom. The van der Waals surface area contributed by atoms with Gasteiger partial charge in [-0.15, -0.1) is 0 Å². The van der Waals surface area contributed by atoms with Crippen LogP contribution >= 0.6 is 11.8 Å². The van der Waals surface area contributed by atoms with Crippen LogP contribution in [0.4, 0.5) is 0 Å². The van der Waals surface area contributed by atoms with E-state index in [-0.39, 0.29) is 11.1 Å². The monoisotopic (exact) mass is 283 g/mol. The average Bonchev–Trinajstić information content (AvgIpc) is 2.88. The van der Waals surface area contributed by atoms with Gasteiger partial charge in [0.2, 0.25) is 0 Å². The molecule has 0 radical (unpaired) electrons. The van der Waals surface area contributed by atoms with Gasteiger partial charge < -0.3 is 10.4 Å². The number of amides is 1. The number of fused-ring (bicyclic) bond motifs is 1. The van der Waals surface area contributed by atoms with E-state index in [1.54, 1.807) is 0 Å². The minimum Gasteiger partial charge on any atom is -0.393 e. The third-order valence-electron chi connectivity index (χ3n) is 3.04. The largest absolute Gasteiger partial charge is 0.393 e. The van der Waals surface area contributed by atoms with Crippen LogP contribution in [0.2, 0.25) is 0 Å². The highest BCUT2D eigenvalue weighted by Crippen LogP contribution is 2.20. The maximum absolute atomic E-state index is 12.1. The standard InChI is InChI=1S/C12H17N3O3S/c1-2-8(16)3-4-13-10(17)9-7-14-12-15(11(9)18)5-6-19-12/h7-8,16H,2-6H2,1H3,(H,13,17). The van der Waals surface area contributed by atoms with Crippen LogP contribution in [0.25, 0.3) is 0 Å². The Bertz CT molecular complexity index is 529. The van der Waals surface area contributed by atoms with Crippen LogP contribution in [0.5, 0.6) is 0 Å². The Kier molecular flexibility index (Phi) is 4.60. The van der Waals surface area contributed by atoms with Crippen LogP contribution in [0.1, 0.15) is 30.1 Å². The molecule has 0 bridgehead atoms. The number of carbonyl (C=O) groups is 1. The molecule has 1 aromatic rings. The van der Waals surface area contributed by atoms with Crippen LogP contribution in [0.15, 0.2) is 16.1 Å². The van der Waals surface area contributed by atoms with Gasteiger partial charge in [-0.2, -0.15) is 0 Å². The second-order valence-electron chi connectivity index (χ2n) is 4.37. The smallest absolute Gasteiger partial charge is 0.267 e. The van der Waals surface area contributed by atoms with E-state index in [1.165, 1.54) is 22.5 Å². The minimum absolute atomic E-state index is 0.0669. The second kappa shape index (κ2) is 6.21. The molecule has 2 N–H and O–H groups in total. The van der Waals surface area contributed by atoms with E-state index in [2.05, 4.69) is 10.3 Å². The number of rotatable bonds is 5. The quantitative estimate of drug-likeness (QED) is 0.756. The van der Waals surface area contributed by atoms with Crippen molar-refractivity contribution in [3.05, 3.63) is 22.1 Å². The summed E-state index contributed by atoms with van der Waals surface area (Å²) in [5.41, 5.74) is -0.222. The topological polar surface area (TPSA) is 84.2 Å². The number of nitrogens with one attached hydrogen (secondary N) is 1. The highest BCUT2D eigenvalue weighted by Gasteiger charge is 2.19. The van der Waals surface area contributed by atoms with Crippen LogP contribution < -0.4 is 10.9 Å². The second-order valence-corrected chi connectivity index (χ2v) is 5.43. The zero-order valence-corrected chi connectivity index (χ0v) is 11.6. The minimum atomic E-state index is -0.423. The molecule has 0 saturated heterocycles. The highest BCUT2D eigenvalue weighted by molar-refractivity contribution is 7.99. The van der Waals surface area contributed by atoms with Gasteiger partial charge in [-0.25, -0.2) is 4.98 Å². The highest BCUT2D eigenvalue weighted by atomic mass is 32.2. The van der Waals surface area contributed by atoms with Crippen molar-refractivity contribution in [1.82, 2.24) is 14.9 Å². The van der Waals surface area contributed by atoms with Crippen LogP contribution in [-0.4, -0.2) is 39.0 Å².